The fourth-order valence-corrected chi connectivity index (χ4v) is 2.71. The number of benzene rings is 2. The summed E-state index contributed by atoms with van der Waals surface area (Å²) in [5.41, 5.74) is 0.0940. The first-order valence-corrected chi connectivity index (χ1v) is 6.86. The zero-order valence-electron chi connectivity index (χ0n) is 10.4. The number of hydrogen-bond acceptors (Lipinski definition) is 5. The fourth-order valence-electron chi connectivity index (χ4n) is 1.86. The van der Waals surface area contributed by atoms with Crippen LogP contribution in [-0.2, 0) is 0 Å². The van der Waals surface area contributed by atoms with Gasteiger partial charge in [0.05, 0.1) is 4.92 Å². The lowest BCUT2D eigenvalue weighted by Crippen LogP contribution is -2.15. The minimum atomic E-state index is -0.404. The summed E-state index contributed by atoms with van der Waals surface area (Å²) in [5.74, 6) is 1.49. The summed E-state index contributed by atoms with van der Waals surface area (Å²) in [6.07, 6.45) is 0. The topological polar surface area (TPSA) is 61.6 Å². The van der Waals surface area contributed by atoms with Gasteiger partial charge in [-0.05, 0) is 30.3 Å². The van der Waals surface area contributed by atoms with Crippen LogP contribution in [0.4, 0.5) is 5.69 Å². The van der Waals surface area contributed by atoms with Gasteiger partial charge in [0, 0.05) is 21.9 Å². The van der Waals surface area contributed by atoms with E-state index in [0.717, 1.165) is 21.3 Å². The second-order valence-corrected chi connectivity index (χ2v) is 5.31. The third-order valence-electron chi connectivity index (χ3n) is 2.80. The summed E-state index contributed by atoms with van der Waals surface area (Å²) in [5, 5.41) is 10.6. The molecule has 0 amide bonds. The number of ether oxygens (including phenoxy) is 2. The zero-order chi connectivity index (χ0) is 13.9. The number of nitrogens with zero attached hydrogens (tertiary/aromatic N) is 1. The Labute approximate surface area is 119 Å². The highest BCUT2D eigenvalue weighted by Gasteiger charge is 2.12. The largest absolute Gasteiger partial charge is 0.486 e. The lowest BCUT2D eigenvalue weighted by molar-refractivity contribution is -0.384. The van der Waals surface area contributed by atoms with Crippen LogP contribution in [0.15, 0.2) is 52.3 Å². The average Bonchev–Trinajstić information content (AvgIpc) is 2.48. The number of non-ortho nitro benzene ring substituents is 1. The van der Waals surface area contributed by atoms with Crippen LogP contribution in [0.25, 0.3) is 0 Å². The Hall–Kier alpha value is -2.21. The molecule has 5 nitrogen and oxygen atoms in total. The Morgan fingerprint density at radius 2 is 1.60 bits per heavy atom. The van der Waals surface area contributed by atoms with E-state index in [4.69, 9.17) is 9.47 Å². The van der Waals surface area contributed by atoms with E-state index in [9.17, 15) is 10.1 Å². The predicted molar refractivity (Wildman–Crippen MR) is 74.7 cm³/mol. The van der Waals surface area contributed by atoms with E-state index in [0.29, 0.717) is 13.2 Å². The maximum Gasteiger partial charge on any atom is 0.269 e. The Bertz CT molecular complexity index is 642. The minimum Gasteiger partial charge on any atom is -0.486 e. The van der Waals surface area contributed by atoms with Crippen molar-refractivity contribution < 1.29 is 14.4 Å². The maximum atomic E-state index is 10.6. The molecule has 2 aromatic carbocycles. The standard InChI is InChI=1S/C14H11NO4S/c16-15(17)10-1-3-11(4-2-10)20-12-5-6-13-14(9-12)19-8-7-18-13/h1-6,9H,7-8H2. The zero-order valence-corrected chi connectivity index (χ0v) is 11.3. The Morgan fingerprint density at radius 1 is 0.950 bits per heavy atom. The summed E-state index contributed by atoms with van der Waals surface area (Å²) >= 11 is 1.52. The molecule has 1 aliphatic rings. The molecule has 0 unspecified atom stereocenters. The molecule has 2 aromatic rings. The molecule has 20 heavy (non-hydrogen) atoms. The monoisotopic (exact) mass is 289 g/mol. The van der Waals surface area contributed by atoms with Gasteiger partial charge >= 0.3 is 0 Å². The minimum absolute atomic E-state index is 0.0940. The van der Waals surface area contributed by atoms with E-state index in [1.807, 2.05) is 18.2 Å². The number of nitro groups is 1. The molecule has 0 fully saturated rings. The third-order valence-corrected chi connectivity index (χ3v) is 3.79. The maximum absolute atomic E-state index is 10.6. The predicted octanol–water partition coefficient (Wildman–Crippen LogP) is 3.52. The van der Waals surface area contributed by atoms with Crippen LogP contribution in [0.3, 0.4) is 0 Å². The molecule has 6 heteroatoms. The van der Waals surface area contributed by atoms with Crippen molar-refractivity contribution in [3.05, 3.63) is 52.6 Å². The summed E-state index contributed by atoms with van der Waals surface area (Å²) in [6.45, 7) is 1.13. The van der Waals surface area contributed by atoms with Gasteiger partial charge in [0.2, 0.25) is 0 Å². The Morgan fingerprint density at radius 3 is 2.30 bits per heavy atom. The Balaban J connectivity index is 1.78. The van der Waals surface area contributed by atoms with Gasteiger partial charge in [0.15, 0.2) is 11.5 Å². The summed E-state index contributed by atoms with van der Waals surface area (Å²) < 4.78 is 11.0. The van der Waals surface area contributed by atoms with Crippen molar-refractivity contribution in [2.24, 2.45) is 0 Å². The molecule has 0 aromatic heterocycles. The molecular weight excluding hydrogens is 278 g/mol. The second-order valence-electron chi connectivity index (χ2n) is 4.16. The first-order valence-electron chi connectivity index (χ1n) is 6.04. The highest BCUT2D eigenvalue weighted by Crippen LogP contribution is 2.37. The third kappa shape index (κ3) is 2.70. The van der Waals surface area contributed by atoms with E-state index in [1.54, 1.807) is 12.1 Å². The molecule has 0 saturated heterocycles. The van der Waals surface area contributed by atoms with Crippen molar-refractivity contribution >= 4 is 17.4 Å². The molecule has 0 radical (unpaired) electrons. The lowest BCUT2D eigenvalue weighted by atomic mass is 10.3. The Kier molecular flexibility index (Phi) is 3.47. The van der Waals surface area contributed by atoms with Crippen molar-refractivity contribution in [1.29, 1.82) is 0 Å². The molecule has 3 rings (SSSR count). The van der Waals surface area contributed by atoms with Gasteiger partial charge in [-0.2, -0.15) is 0 Å². The second kappa shape index (κ2) is 5.42. The molecule has 1 aliphatic heterocycles. The van der Waals surface area contributed by atoms with Crippen molar-refractivity contribution in [1.82, 2.24) is 0 Å². The van der Waals surface area contributed by atoms with Gasteiger partial charge in [0.25, 0.3) is 5.69 Å². The molecule has 1 heterocycles. The summed E-state index contributed by atoms with van der Waals surface area (Å²) in [6, 6.07) is 12.2. The van der Waals surface area contributed by atoms with Crippen molar-refractivity contribution in [2.75, 3.05) is 13.2 Å². The summed E-state index contributed by atoms with van der Waals surface area (Å²) in [4.78, 5) is 12.1. The molecule has 0 atom stereocenters. The van der Waals surface area contributed by atoms with E-state index in [1.165, 1.54) is 23.9 Å². The van der Waals surface area contributed by atoms with Gasteiger partial charge in [-0.3, -0.25) is 10.1 Å². The molecule has 102 valence electrons. The SMILES string of the molecule is O=[N+]([O-])c1ccc(Sc2ccc3c(c2)OCCO3)cc1. The number of hydrogen-bond donors (Lipinski definition) is 0. The molecule has 0 spiro atoms. The van der Waals surface area contributed by atoms with E-state index in [2.05, 4.69) is 0 Å². The molecule has 0 N–H and O–H groups in total. The van der Waals surface area contributed by atoms with E-state index in [-0.39, 0.29) is 5.69 Å². The number of nitro benzene ring substituents is 1. The average molecular weight is 289 g/mol. The summed E-state index contributed by atoms with van der Waals surface area (Å²) in [7, 11) is 0. The highest BCUT2D eigenvalue weighted by molar-refractivity contribution is 7.99. The van der Waals surface area contributed by atoms with Gasteiger partial charge in [-0.1, -0.05) is 11.8 Å². The van der Waals surface area contributed by atoms with Crippen molar-refractivity contribution in [3.63, 3.8) is 0 Å². The first kappa shape index (κ1) is 12.8. The van der Waals surface area contributed by atoms with Crippen molar-refractivity contribution in [2.45, 2.75) is 9.79 Å². The van der Waals surface area contributed by atoms with Gasteiger partial charge in [-0.25, -0.2) is 0 Å². The lowest BCUT2D eigenvalue weighted by Gasteiger charge is -2.18. The van der Waals surface area contributed by atoms with E-state index < -0.39 is 4.92 Å². The first-order chi connectivity index (χ1) is 9.72. The number of fused-ring (bicyclic) bond motifs is 1. The van der Waals surface area contributed by atoms with Crippen LogP contribution in [0.5, 0.6) is 11.5 Å². The number of rotatable bonds is 3. The fraction of sp³-hybridized carbons (Fsp3) is 0.143. The van der Waals surface area contributed by atoms with Crippen LogP contribution in [-0.4, -0.2) is 18.1 Å². The van der Waals surface area contributed by atoms with Crippen LogP contribution in [0, 0.1) is 10.1 Å². The van der Waals surface area contributed by atoms with Crippen LogP contribution >= 0.6 is 11.8 Å². The quantitative estimate of drug-likeness (QED) is 0.639. The smallest absolute Gasteiger partial charge is 0.269 e. The molecule has 0 aliphatic carbocycles. The van der Waals surface area contributed by atoms with Crippen LogP contribution in [0.1, 0.15) is 0 Å². The normalized spacial score (nSPS) is 13.0. The van der Waals surface area contributed by atoms with Crippen molar-refractivity contribution in [3.8, 4) is 11.5 Å². The van der Waals surface area contributed by atoms with E-state index >= 15 is 0 Å². The van der Waals surface area contributed by atoms with Gasteiger partial charge < -0.3 is 9.47 Å². The molecular formula is C14H11NO4S. The van der Waals surface area contributed by atoms with Crippen LogP contribution in [0.2, 0.25) is 0 Å². The molecule has 0 saturated carbocycles. The highest BCUT2D eigenvalue weighted by atomic mass is 32.2. The van der Waals surface area contributed by atoms with Crippen LogP contribution < -0.4 is 9.47 Å². The molecule has 0 bridgehead atoms. The van der Waals surface area contributed by atoms with Gasteiger partial charge in [-0.15, -0.1) is 0 Å². The van der Waals surface area contributed by atoms with Gasteiger partial charge in [0.1, 0.15) is 13.2 Å².